The highest BCUT2D eigenvalue weighted by molar-refractivity contribution is 7.12. The average molecular weight is 296 g/mol. The molecule has 1 aromatic heterocycles. The van der Waals surface area contributed by atoms with Crippen molar-refractivity contribution in [3.05, 3.63) is 21.4 Å². The summed E-state index contributed by atoms with van der Waals surface area (Å²) in [7, 11) is 0. The normalized spacial score (nSPS) is 19.9. The molecule has 2 N–H and O–H groups in total. The van der Waals surface area contributed by atoms with Crippen LogP contribution in [-0.4, -0.2) is 34.6 Å². The molecule has 0 spiro atoms. The molecule has 0 saturated carbocycles. The van der Waals surface area contributed by atoms with Gasteiger partial charge in [-0.1, -0.05) is 0 Å². The van der Waals surface area contributed by atoms with E-state index in [2.05, 4.69) is 11.4 Å². The quantitative estimate of drug-likeness (QED) is 0.901. The summed E-state index contributed by atoms with van der Waals surface area (Å²) in [5.74, 6) is -0.923. The number of nitrogens with one attached hydrogen (secondary N) is 1. The fraction of sp³-hybridized carbons (Fsp3) is 0.571. The predicted octanol–water partition coefficient (Wildman–Crippen LogP) is 2.68. The van der Waals surface area contributed by atoms with Gasteiger partial charge in [-0.2, -0.15) is 0 Å². The number of carbonyl (C=O) groups is 2. The summed E-state index contributed by atoms with van der Waals surface area (Å²) in [4.78, 5) is 27.1. The molecule has 0 aliphatic carbocycles. The van der Waals surface area contributed by atoms with Crippen molar-refractivity contribution in [1.29, 1.82) is 0 Å². The number of amides is 2. The van der Waals surface area contributed by atoms with Gasteiger partial charge in [0.15, 0.2) is 0 Å². The van der Waals surface area contributed by atoms with Crippen LogP contribution in [0.5, 0.6) is 0 Å². The van der Waals surface area contributed by atoms with Crippen LogP contribution >= 0.6 is 11.3 Å². The molecule has 2 amide bonds. The van der Waals surface area contributed by atoms with Crippen LogP contribution in [0.2, 0.25) is 0 Å². The molecular formula is C14H20N2O3S. The zero-order chi connectivity index (χ0) is 14.9. The number of urea groups is 1. The number of hydrogen-bond acceptors (Lipinski definition) is 3. The number of rotatable bonds is 3. The number of aliphatic carboxylic acids is 1. The van der Waals surface area contributed by atoms with E-state index >= 15 is 0 Å². The summed E-state index contributed by atoms with van der Waals surface area (Å²) in [5, 5.41) is 12.0. The maximum Gasteiger partial charge on any atom is 0.326 e. The van der Waals surface area contributed by atoms with Crippen LogP contribution in [0.3, 0.4) is 0 Å². The van der Waals surface area contributed by atoms with Crippen LogP contribution in [0.15, 0.2) is 6.07 Å². The molecule has 0 radical (unpaired) electrons. The van der Waals surface area contributed by atoms with Gasteiger partial charge in [-0.3, -0.25) is 0 Å². The summed E-state index contributed by atoms with van der Waals surface area (Å²) in [6, 6.07) is 0.990. The molecule has 1 fully saturated rings. The van der Waals surface area contributed by atoms with E-state index in [1.807, 2.05) is 20.8 Å². The molecule has 1 aromatic rings. The third-order valence-corrected chi connectivity index (χ3v) is 4.67. The number of carbonyl (C=O) groups excluding carboxylic acids is 1. The minimum atomic E-state index is -0.923. The highest BCUT2D eigenvalue weighted by Crippen LogP contribution is 2.26. The van der Waals surface area contributed by atoms with Gasteiger partial charge in [0.1, 0.15) is 6.04 Å². The van der Waals surface area contributed by atoms with Crippen molar-refractivity contribution in [2.45, 2.75) is 45.7 Å². The van der Waals surface area contributed by atoms with Gasteiger partial charge in [0.05, 0.1) is 6.04 Å². The molecular weight excluding hydrogens is 276 g/mol. The SMILES string of the molecule is Cc1cc(C(C)NC(=O)N2CCCC2C(=O)O)c(C)s1. The summed E-state index contributed by atoms with van der Waals surface area (Å²) in [6.45, 7) is 6.51. The Kier molecular flexibility index (Phi) is 4.32. The fourth-order valence-corrected chi connectivity index (χ4v) is 3.72. The van der Waals surface area contributed by atoms with Crippen molar-refractivity contribution >= 4 is 23.3 Å². The number of nitrogens with zero attached hydrogens (tertiary/aromatic N) is 1. The Labute approximate surface area is 122 Å². The molecule has 1 saturated heterocycles. The van der Waals surface area contributed by atoms with Crippen molar-refractivity contribution in [1.82, 2.24) is 10.2 Å². The molecule has 1 aliphatic heterocycles. The first-order valence-electron chi connectivity index (χ1n) is 6.77. The summed E-state index contributed by atoms with van der Waals surface area (Å²) < 4.78 is 0. The first kappa shape index (κ1) is 14.8. The smallest absolute Gasteiger partial charge is 0.326 e. The van der Waals surface area contributed by atoms with E-state index in [1.165, 1.54) is 14.7 Å². The second-order valence-corrected chi connectivity index (χ2v) is 6.69. The lowest BCUT2D eigenvalue weighted by Crippen LogP contribution is -2.46. The fourth-order valence-electron chi connectivity index (χ4n) is 2.69. The van der Waals surface area contributed by atoms with Crippen LogP contribution in [0, 0.1) is 13.8 Å². The maximum absolute atomic E-state index is 12.2. The van der Waals surface area contributed by atoms with Crippen LogP contribution in [0.4, 0.5) is 4.79 Å². The van der Waals surface area contributed by atoms with Gasteiger partial charge < -0.3 is 15.3 Å². The third-order valence-electron chi connectivity index (χ3n) is 3.68. The number of carboxylic acid groups (broad SMARTS) is 1. The van der Waals surface area contributed by atoms with Crippen molar-refractivity contribution in [3.63, 3.8) is 0 Å². The first-order chi connectivity index (χ1) is 9.40. The van der Waals surface area contributed by atoms with Gasteiger partial charge in [-0.25, -0.2) is 9.59 Å². The molecule has 0 aromatic carbocycles. The number of likely N-dealkylation sites (tertiary alicyclic amines) is 1. The maximum atomic E-state index is 12.2. The topological polar surface area (TPSA) is 69.6 Å². The minimum Gasteiger partial charge on any atom is -0.480 e. The molecule has 0 bridgehead atoms. The first-order valence-corrected chi connectivity index (χ1v) is 7.58. The molecule has 2 rings (SSSR count). The van der Waals surface area contributed by atoms with Crippen LogP contribution in [0.1, 0.15) is 41.1 Å². The van der Waals surface area contributed by atoms with Gasteiger partial charge in [-0.15, -0.1) is 11.3 Å². The second kappa shape index (κ2) is 5.83. The zero-order valence-corrected chi connectivity index (χ0v) is 12.8. The van der Waals surface area contributed by atoms with Gasteiger partial charge in [0.25, 0.3) is 0 Å². The largest absolute Gasteiger partial charge is 0.480 e. The number of thiophene rings is 1. The molecule has 2 atom stereocenters. The van der Waals surface area contributed by atoms with Gasteiger partial charge in [0, 0.05) is 16.3 Å². The standard InChI is InChI=1S/C14H20N2O3S/c1-8-7-11(10(3)20-8)9(2)15-14(19)16-6-4-5-12(16)13(17)18/h7,9,12H,4-6H2,1-3H3,(H,15,19)(H,17,18). The molecule has 110 valence electrons. The molecule has 6 heteroatoms. The van der Waals surface area contributed by atoms with Crippen LogP contribution in [-0.2, 0) is 4.79 Å². The molecule has 20 heavy (non-hydrogen) atoms. The Morgan fingerprint density at radius 3 is 2.75 bits per heavy atom. The predicted molar refractivity (Wildman–Crippen MR) is 78.1 cm³/mol. The van der Waals surface area contributed by atoms with Crippen molar-refractivity contribution < 1.29 is 14.7 Å². The molecule has 5 nitrogen and oxygen atoms in total. The number of aryl methyl sites for hydroxylation is 2. The van der Waals surface area contributed by atoms with Gasteiger partial charge >= 0.3 is 12.0 Å². The van der Waals surface area contributed by atoms with E-state index < -0.39 is 12.0 Å². The summed E-state index contributed by atoms with van der Waals surface area (Å²) in [5.41, 5.74) is 1.10. The van der Waals surface area contributed by atoms with Crippen molar-refractivity contribution in [3.8, 4) is 0 Å². The number of hydrogen-bond donors (Lipinski definition) is 2. The molecule has 2 unspecified atom stereocenters. The number of carboxylic acids is 1. The van der Waals surface area contributed by atoms with E-state index in [1.54, 1.807) is 11.3 Å². The Hall–Kier alpha value is -1.56. The van der Waals surface area contributed by atoms with E-state index in [-0.39, 0.29) is 12.1 Å². The Balaban J connectivity index is 2.04. The lowest BCUT2D eigenvalue weighted by Gasteiger charge is -2.24. The lowest BCUT2D eigenvalue weighted by molar-refractivity contribution is -0.141. The Morgan fingerprint density at radius 2 is 2.20 bits per heavy atom. The Morgan fingerprint density at radius 1 is 1.50 bits per heavy atom. The van der Waals surface area contributed by atoms with Crippen molar-refractivity contribution in [2.24, 2.45) is 0 Å². The van der Waals surface area contributed by atoms with Crippen molar-refractivity contribution in [2.75, 3.05) is 6.54 Å². The Bertz CT molecular complexity index is 526. The van der Waals surface area contributed by atoms with Crippen LogP contribution in [0.25, 0.3) is 0 Å². The minimum absolute atomic E-state index is 0.109. The van der Waals surface area contributed by atoms with E-state index in [4.69, 9.17) is 5.11 Å². The highest BCUT2D eigenvalue weighted by atomic mass is 32.1. The second-order valence-electron chi connectivity index (χ2n) is 5.23. The van der Waals surface area contributed by atoms with Gasteiger partial charge in [-0.05, 0) is 45.2 Å². The zero-order valence-electron chi connectivity index (χ0n) is 12.0. The average Bonchev–Trinajstić information content (AvgIpc) is 2.95. The lowest BCUT2D eigenvalue weighted by atomic mass is 10.1. The monoisotopic (exact) mass is 296 g/mol. The summed E-state index contributed by atoms with van der Waals surface area (Å²) in [6.07, 6.45) is 1.28. The highest BCUT2D eigenvalue weighted by Gasteiger charge is 2.34. The van der Waals surface area contributed by atoms with E-state index in [9.17, 15) is 9.59 Å². The van der Waals surface area contributed by atoms with E-state index in [0.717, 1.165) is 12.0 Å². The van der Waals surface area contributed by atoms with E-state index in [0.29, 0.717) is 13.0 Å². The molecule has 1 aliphatic rings. The molecule has 2 heterocycles. The van der Waals surface area contributed by atoms with Crippen LogP contribution < -0.4 is 5.32 Å². The summed E-state index contributed by atoms with van der Waals surface area (Å²) >= 11 is 1.70. The third kappa shape index (κ3) is 2.95. The van der Waals surface area contributed by atoms with Gasteiger partial charge in [0.2, 0.25) is 0 Å².